The summed E-state index contributed by atoms with van der Waals surface area (Å²) in [7, 11) is 0. The zero-order valence-electron chi connectivity index (χ0n) is 14.7. The van der Waals surface area contributed by atoms with Crippen LogP contribution in [0.4, 0.5) is 19.0 Å². The maximum atomic E-state index is 15.1. The summed E-state index contributed by atoms with van der Waals surface area (Å²) in [6, 6.07) is 0.635. The fourth-order valence-electron chi connectivity index (χ4n) is 2.75. The Labute approximate surface area is 158 Å². The van der Waals surface area contributed by atoms with Crippen molar-refractivity contribution in [3.05, 3.63) is 52.2 Å². The summed E-state index contributed by atoms with van der Waals surface area (Å²) in [5.41, 5.74) is 6.80. The van der Waals surface area contributed by atoms with E-state index in [1.54, 1.807) is 6.92 Å². The second kappa shape index (κ2) is 7.69. The second-order valence-corrected chi connectivity index (χ2v) is 6.57. The van der Waals surface area contributed by atoms with Crippen LogP contribution in [0, 0.1) is 18.6 Å². The Bertz CT molecular complexity index is 975. The Morgan fingerprint density at radius 3 is 2.78 bits per heavy atom. The molecule has 6 nitrogen and oxygen atoms in total. The van der Waals surface area contributed by atoms with Crippen LogP contribution in [0.25, 0.3) is 5.52 Å². The molecular formula is C17H18ClF3N6. The number of nitrogens with zero attached hydrogens (tertiary/aromatic N) is 4. The normalized spacial score (nSPS) is 13.7. The average molecular weight is 399 g/mol. The minimum absolute atomic E-state index is 0.00522. The summed E-state index contributed by atoms with van der Waals surface area (Å²) in [6.07, 6.45) is 1.23. The first-order valence-electron chi connectivity index (χ1n) is 8.24. The molecule has 144 valence electrons. The van der Waals surface area contributed by atoms with Crippen LogP contribution in [0.3, 0.4) is 0 Å². The molecule has 3 aromatic heterocycles. The highest BCUT2D eigenvalue weighted by Gasteiger charge is 2.24. The molecule has 2 atom stereocenters. The number of fused-ring (bicyclic) bond motifs is 1. The number of nitrogens with two attached hydrogens (primary N) is 1. The van der Waals surface area contributed by atoms with Crippen LogP contribution in [-0.2, 0) is 13.0 Å². The molecule has 0 saturated carbocycles. The van der Waals surface area contributed by atoms with Crippen LogP contribution >= 0.6 is 11.6 Å². The van der Waals surface area contributed by atoms with E-state index in [1.165, 1.54) is 23.7 Å². The number of hydrogen-bond acceptors (Lipinski definition) is 5. The molecule has 27 heavy (non-hydrogen) atoms. The van der Waals surface area contributed by atoms with E-state index in [4.69, 9.17) is 17.3 Å². The van der Waals surface area contributed by atoms with Gasteiger partial charge in [-0.15, -0.1) is 5.10 Å². The van der Waals surface area contributed by atoms with E-state index >= 15 is 4.39 Å². The van der Waals surface area contributed by atoms with Gasteiger partial charge in [-0.2, -0.15) is 4.98 Å². The maximum absolute atomic E-state index is 15.1. The second-order valence-electron chi connectivity index (χ2n) is 6.23. The first-order chi connectivity index (χ1) is 12.8. The van der Waals surface area contributed by atoms with Crippen LogP contribution in [0.5, 0.6) is 0 Å². The van der Waals surface area contributed by atoms with Gasteiger partial charge in [-0.3, -0.25) is 4.98 Å². The highest BCUT2D eigenvalue weighted by Crippen LogP contribution is 2.28. The Morgan fingerprint density at radius 2 is 2.11 bits per heavy atom. The molecule has 3 aromatic rings. The van der Waals surface area contributed by atoms with Crippen molar-refractivity contribution < 1.29 is 13.2 Å². The zero-order valence-corrected chi connectivity index (χ0v) is 15.4. The average Bonchev–Trinajstić information content (AvgIpc) is 2.85. The predicted octanol–water partition coefficient (Wildman–Crippen LogP) is 3.20. The molecule has 0 aliphatic rings. The quantitative estimate of drug-likeness (QED) is 0.666. The number of halogens is 4. The lowest BCUT2D eigenvalue weighted by Gasteiger charge is -2.12. The molecule has 0 aliphatic carbocycles. The summed E-state index contributed by atoms with van der Waals surface area (Å²) >= 11 is 5.95. The number of anilines is 1. The minimum Gasteiger partial charge on any atom is -0.364 e. The fourth-order valence-corrected chi connectivity index (χ4v) is 2.91. The molecule has 3 rings (SSSR count). The van der Waals surface area contributed by atoms with Crippen molar-refractivity contribution >= 4 is 22.9 Å². The summed E-state index contributed by atoms with van der Waals surface area (Å²) in [6.45, 7) is 2.99. The standard InChI is InChI=1S/C17H18ClF3N6/c1-8(19)13(22)5-11-9(2)27-15(14(11)21)16(25-17(18)26-27)24-6-10-3-4-23-7-12(10)20/h3-4,7-8,13H,5-6,22H2,1-2H3,(H,24,25,26)/t8-,13+/m0/s1. The largest absolute Gasteiger partial charge is 0.364 e. The Balaban J connectivity index is 2.01. The number of rotatable bonds is 6. The van der Waals surface area contributed by atoms with Gasteiger partial charge in [0.1, 0.15) is 17.5 Å². The van der Waals surface area contributed by atoms with Crippen molar-refractivity contribution in [2.75, 3.05) is 5.32 Å². The molecule has 10 heteroatoms. The highest BCUT2D eigenvalue weighted by molar-refractivity contribution is 6.28. The SMILES string of the molecule is Cc1c(C[C@@H](N)[C@H](C)F)c(F)c2c(NCc3ccncc3F)nc(Cl)nn12. The van der Waals surface area contributed by atoms with Gasteiger partial charge in [0, 0.05) is 35.6 Å². The first-order valence-corrected chi connectivity index (χ1v) is 8.62. The van der Waals surface area contributed by atoms with Gasteiger partial charge in [0.15, 0.2) is 11.6 Å². The number of nitrogens with one attached hydrogen (secondary N) is 1. The van der Waals surface area contributed by atoms with Gasteiger partial charge < -0.3 is 11.1 Å². The van der Waals surface area contributed by atoms with Gasteiger partial charge in [-0.1, -0.05) is 0 Å². The van der Waals surface area contributed by atoms with Crippen LogP contribution in [0.2, 0.25) is 5.28 Å². The van der Waals surface area contributed by atoms with Crippen molar-refractivity contribution in [2.24, 2.45) is 5.73 Å². The number of alkyl halides is 1. The summed E-state index contributed by atoms with van der Waals surface area (Å²) < 4.78 is 43.6. The maximum Gasteiger partial charge on any atom is 0.243 e. The lowest BCUT2D eigenvalue weighted by molar-refractivity contribution is 0.302. The third kappa shape index (κ3) is 3.84. The summed E-state index contributed by atoms with van der Waals surface area (Å²) in [4.78, 5) is 7.69. The molecule has 0 amide bonds. The first kappa shape index (κ1) is 19.4. The number of hydrogen-bond donors (Lipinski definition) is 2. The van der Waals surface area contributed by atoms with Crippen molar-refractivity contribution in [2.45, 2.75) is 39.0 Å². The van der Waals surface area contributed by atoms with Gasteiger partial charge in [0.05, 0.1) is 6.20 Å². The fraction of sp³-hybridized carbons (Fsp3) is 0.353. The van der Waals surface area contributed by atoms with Gasteiger partial charge >= 0.3 is 0 Å². The van der Waals surface area contributed by atoms with E-state index in [1.807, 2.05) is 0 Å². The molecule has 3 N–H and O–H groups in total. The van der Waals surface area contributed by atoms with Crippen LogP contribution in [0.15, 0.2) is 18.5 Å². The molecule has 0 aliphatic heterocycles. The van der Waals surface area contributed by atoms with E-state index in [2.05, 4.69) is 20.4 Å². The topological polar surface area (TPSA) is 81.1 Å². The molecular weight excluding hydrogens is 381 g/mol. The third-order valence-electron chi connectivity index (χ3n) is 4.38. The Hall–Kier alpha value is -2.39. The molecule has 0 saturated heterocycles. The van der Waals surface area contributed by atoms with Crippen molar-refractivity contribution in [3.63, 3.8) is 0 Å². The zero-order chi connectivity index (χ0) is 19.7. The third-order valence-corrected chi connectivity index (χ3v) is 4.54. The van der Waals surface area contributed by atoms with Crippen LogP contribution in [0.1, 0.15) is 23.7 Å². The van der Waals surface area contributed by atoms with Gasteiger partial charge in [-0.05, 0) is 37.9 Å². The van der Waals surface area contributed by atoms with Crippen molar-refractivity contribution in [1.29, 1.82) is 0 Å². The molecule has 0 unspecified atom stereocenters. The number of aromatic nitrogens is 4. The molecule has 0 spiro atoms. The summed E-state index contributed by atoms with van der Waals surface area (Å²) in [5.74, 6) is -1.02. The lowest BCUT2D eigenvalue weighted by Crippen LogP contribution is -2.32. The van der Waals surface area contributed by atoms with Gasteiger partial charge in [-0.25, -0.2) is 17.7 Å². The van der Waals surface area contributed by atoms with Crippen LogP contribution in [-0.4, -0.2) is 31.8 Å². The minimum atomic E-state index is -1.30. The highest BCUT2D eigenvalue weighted by atomic mass is 35.5. The molecule has 0 fully saturated rings. The smallest absolute Gasteiger partial charge is 0.243 e. The van der Waals surface area contributed by atoms with E-state index in [0.717, 1.165) is 6.20 Å². The Kier molecular flexibility index (Phi) is 5.52. The van der Waals surface area contributed by atoms with Crippen LogP contribution < -0.4 is 11.1 Å². The monoisotopic (exact) mass is 398 g/mol. The van der Waals surface area contributed by atoms with Crippen molar-refractivity contribution in [1.82, 2.24) is 19.6 Å². The predicted molar refractivity (Wildman–Crippen MR) is 96.5 cm³/mol. The lowest BCUT2D eigenvalue weighted by atomic mass is 10.0. The molecule has 0 bridgehead atoms. The molecule has 0 radical (unpaired) electrons. The van der Waals surface area contributed by atoms with Gasteiger partial charge in [0.2, 0.25) is 5.28 Å². The van der Waals surface area contributed by atoms with E-state index in [0.29, 0.717) is 11.3 Å². The van der Waals surface area contributed by atoms with E-state index < -0.39 is 23.8 Å². The van der Waals surface area contributed by atoms with Crippen molar-refractivity contribution in [3.8, 4) is 0 Å². The Morgan fingerprint density at radius 1 is 1.37 bits per heavy atom. The molecule has 3 heterocycles. The number of pyridine rings is 1. The summed E-state index contributed by atoms with van der Waals surface area (Å²) in [5, 5.41) is 6.77. The van der Waals surface area contributed by atoms with E-state index in [-0.39, 0.29) is 35.1 Å². The molecule has 0 aromatic carbocycles. The van der Waals surface area contributed by atoms with Gasteiger partial charge in [0.25, 0.3) is 0 Å². The number of aryl methyl sites for hydroxylation is 1. The van der Waals surface area contributed by atoms with E-state index in [9.17, 15) is 8.78 Å².